The van der Waals surface area contributed by atoms with Crippen LogP contribution in [0.3, 0.4) is 0 Å². The van der Waals surface area contributed by atoms with Crippen LogP contribution in [0, 0.1) is 5.41 Å². The van der Waals surface area contributed by atoms with Gasteiger partial charge in [0.25, 0.3) is 0 Å². The van der Waals surface area contributed by atoms with Crippen molar-refractivity contribution >= 4 is 23.7 Å². The molecule has 1 saturated heterocycles. The van der Waals surface area contributed by atoms with Crippen LogP contribution < -0.4 is 0 Å². The molecule has 0 aliphatic carbocycles. The molecule has 138 valence electrons. The van der Waals surface area contributed by atoms with Gasteiger partial charge in [-0.3, -0.25) is 4.90 Å². The lowest BCUT2D eigenvalue weighted by atomic mass is 9.86. The second-order valence-electron chi connectivity index (χ2n) is 7.31. The lowest BCUT2D eigenvalue weighted by molar-refractivity contribution is -0.148. The van der Waals surface area contributed by atoms with Gasteiger partial charge in [-0.2, -0.15) is 0 Å². The fraction of sp³-hybridized carbons (Fsp3) is 0.765. The van der Waals surface area contributed by atoms with E-state index in [4.69, 9.17) is 21.1 Å². The van der Waals surface area contributed by atoms with Crippen molar-refractivity contribution in [1.82, 2.24) is 4.90 Å². The number of carboxylic acids is 1. The third-order valence-electron chi connectivity index (χ3n) is 4.36. The standard InChI is InChI=1S/C17H28ClNO5/c1-12-6-8-19(15(22)24-9-7-16(2,3)4)17(12,14(20)21)10-13(11-18)23-5/h13H,1,6-11H2,2-5H3,(H,20,21)/t13-,17?/m0/s1. The van der Waals surface area contributed by atoms with E-state index in [0.29, 0.717) is 18.4 Å². The molecule has 6 nitrogen and oxygen atoms in total. The number of carbonyl (C=O) groups is 2. The van der Waals surface area contributed by atoms with E-state index in [-0.39, 0.29) is 30.9 Å². The summed E-state index contributed by atoms with van der Waals surface area (Å²) in [6.45, 7) is 10.5. The van der Waals surface area contributed by atoms with Gasteiger partial charge in [0.1, 0.15) is 0 Å². The molecule has 1 aliphatic heterocycles. The molecule has 1 fully saturated rings. The number of hydrogen-bond acceptors (Lipinski definition) is 4. The smallest absolute Gasteiger partial charge is 0.411 e. The number of carbonyl (C=O) groups excluding carboxylic acids is 1. The minimum absolute atomic E-state index is 0.0263. The van der Waals surface area contributed by atoms with Crippen molar-refractivity contribution in [2.75, 3.05) is 26.1 Å². The lowest BCUT2D eigenvalue weighted by Crippen LogP contribution is -2.56. The summed E-state index contributed by atoms with van der Waals surface area (Å²) in [4.78, 5) is 25.8. The van der Waals surface area contributed by atoms with Crippen molar-refractivity contribution in [1.29, 1.82) is 0 Å². The number of ether oxygens (including phenoxy) is 2. The SMILES string of the molecule is C=C1CCN(C(=O)OCCC(C)(C)C)C1(C[C@@H](CCl)OC)C(=O)O. The Balaban J connectivity index is 2.95. The largest absolute Gasteiger partial charge is 0.479 e. The van der Waals surface area contributed by atoms with Gasteiger partial charge in [-0.05, 0) is 23.8 Å². The molecule has 0 radical (unpaired) electrons. The number of halogens is 1. The predicted octanol–water partition coefficient (Wildman–Crippen LogP) is 3.29. The minimum atomic E-state index is -1.53. The maximum Gasteiger partial charge on any atom is 0.411 e. The molecular weight excluding hydrogens is 334 g/mol. The summed E-state index contributed by atoms with van der Waals surface area (Å²) in [5, 5.41) is 9.84. The fourth-order valence-corrected chi connectivity index (χ4v) is 2.98. The van der Waals surface area contributed by atoms with E-state index in [2.05, 4.69) is 6.58 Å². The highest BCUT2D eigenvalue weighted by Gasteiger charge is 2.54. The molecular formula is C17H28ClNO5. The number of methoxy groups -OCH3 is 1. The summed E-state index contributed by atoms with van der Waals surface area (Å²) in [5.41, 5.74) is -1.04. The molecule has 0 saturated carbocycles. The first-order valence-corrected chi connectivity index (χ1v) is 8.56. The normalized spacial score (nSPS) is 22.5. The maximum atomic E-state index is 12.5. The van der Waals surface area contributed by atoms with E-state index in [1.165, 1.54) is 12.0 Å². The van der Waals surface area contributed by atoms with E-state index >= 15 is 0 Å². The van der Waals surface area contributed by atoms with Gasteiger partial charge in [0, 0.05) is 26.0 Å². The van der Waals surface area contributed by atoms with Crippen LogP contribution in [-0.4, -0.2) is 59.9 Å². The Labute approximate surface area is 148 Å². The number of nitrogens with zero attached hydrogens (tertiary/aromatic N) is 1. The zero-order valence-electron chi connectivity index (χ0n) is 14.9. The summed E-state index contributed by atoms with van der Waals surface area (Å²) in [6.07, 6.45) is 0.0254. The summed E-state index contributed by atoms with van der Waals surface area (Å²) >= 11 is 5.84. The van der Waals surface area contributed by atoms with Gasteiger partial charge in [0.05, 0.1) is 12.7 Å². The molecule has 1 aliphatic rings. The van der Waals surface area contributed by atoms with Gasteiger partial charge in [0.2, 0.25) is 0 Å². The maximum absolute atomic E-state index is 12.5. The van der Waals surface area contributed by atoms with Gasteiger partial charge in [-0.1, -0.05) is 27.4 Å². The third-order valence-corrected chi connectivity index (χ3v) is 4.71. The fourth-order valence-electron chi connectivity index (χ4n) is 2.74. The molecule has 1 heterocycles. The van der Waals surface area contributed by atoms with E-state index < -0.39 is 23.7 Å². The quantitative estimate of drug-likeness (QED) is 0.556. The van der Waals surface area contributed by atoms with Gasteiger partial charge in [-0.15, -0.1) is 11.6 Å². The molecule has 1 N–H and O–H groups in total. The van der Waals surface area contributed by atoms with Crippen molar-refractivity contribution < 1.29 is 24.2 Å². The van der Waals surface area contributed by atoms with E-state index in [1.54, 1.807) is 0 Å². The molecule has 1 rings (SSSR count). The average Bonchev–Trinajstić information content (AvgIpc) is 2.81. The number of rotatable bonds is 7. The summed E-state index contributed by atoms with van der Waals surface area (Å²) < 4.78 is 10.5. The zero-order chi connectivity index (χ0) is 18.5. The third kappa shape index (κ3) is 4.63. The van der Waals surface area contributed by atoms with Crippen LogP contribution in [0.2, 0.25) is 0 Å². The Morgan fingerprint density at radius 3 is 2.54 bits per heavy atom. The Bertz CT molecular complexity index is 484. The highest BCUT2D eigenvalue weighted by atomic mass is 35.5. The van der Waals surface area contributed by atoms with Crippen LogP contribution in [0.15, 0.2) is 12.2 Å². The summed E-state index contributed by atoms with van der Waals surface area (Å²) in [5.74, 6) is -1.00. The number of carboxylic acid groups (broad SMARTS) is 1. The molecule has 1 amide bonds. The first-order valence-electron chi connectivity index (χ1n) is 8.03. The molecule has 24 heavy (non-hydrogen) atoms. The van der Waals surface area contributed by atoms with Gasteiger partial charge in [0.15, 0.2) is 5.54 Å². The van der Waals surface area contributed by atoms with Crippen LogP contribution in [0.5, 0.6) is 0 Å². The number of hydrogen-bond donors (Lipinski definition) is 1. The molecule has 0 aromatic carbocycles. The Morgan fingerprint density at radius 2 is 2.08 bits per heavy atom. The van der Waals surface area contributed by atoms with Crippen molar-refractivity contribution in [3.8, 4) is 0 Å². The average molecular weight is 362 g/mol. The molecule has 0 aromatic heterocycles. The molecule has 7 heteroatoms. The van der Waals surface area contributed by atoms with Crippen LogP contribution in [0.4, 0.5) is 4.79 Å². The van der Waals surface area contributed by atoms with Crippen molar-refractivity contribution in [3.05, 3.63) is 12.2 Å². The molecule has 2 atom stereocenters. The minimum Gasteiger partial charge on any atom is -0.479 e. The molecule has 0 spiro atoms. The number of aliphatic carboxylic acids is 1. The van der Waals surface area contributed by atoms with Crippen LogP contribution in [0.25, 0.3) is 0 Å². The highest BCUT2D eigenvalue weighted by molar-refractivity contribution is 6.18. The predicted molar refractivity (Wildman–Crippen MR) is 92.4 cm³/mol. The van der Waals surface area contributed by atoms with Crippen molar-refractivity contribution in [2.24, 2.45) is 5.41 Å². The van der Waals surface area contributed by atoms with Gasteiger partial charge >= 0.3 is 12.1 Å². The van der Waals surface area contributed by atoms with E-state index in [0.717, 1.165) is 0 Å². The zero-order valence-corrected chi connectivity index (χ0v) is 15.7. The summed E-state index contributed by atoms with van der Waals surface area (Å²) in [6, 6.07) is 0. The monoisotopic (exact) mass is 361 g/mol. The first kappa shape index (κ1) is 20.8. The number of likely N-dealkylation sites (tertiary alicyclic amines) is 1. The van der Waals surface area contributed by atoms with E-state index in [9.17, 15) is 14.7 Å². The van der Waals surface area contributed by atoms with Gasteiger partial charge in [-0.25, -0.2) is 9.59 Å². The second-order valence-corrected chi connectivity index (χ2v) is 7.62. The Morgan fingerprint density at radius 1 is 1.46 bits per heavy atom. The topological polar surface area (TPSA) is 76.1 Å². The van der Waals surface area contributed by atoms with Crippen LogP contribution >= 0.6 is 11.6 Å². The lowest BCUT2D eigenvalue weighted by Gasteiger charge is -2.36. The van der Waals surface area contributed by atoms with Crippen LogP contribution in [0.1, 0.15) is 40.0 Å². The molecule has 0 bridgehead atoms. The van der Waals surface area contributed by atoms with E-state index in [1.807, 2.05) is 20.8 Å². The highest BCUT2D eigenvalue weighted by Crippen LogP contribution is 2.39. The first-order chi connectivity index (χ1) is 11.1. The summed E-state index contributed by atoms with van der Waals surface area (Å²) in [7, 11) is 1.46. The van der Waals surface area contributed by atoms with Crippen LogP contribution in [-0.2, 0) is 14.3 Å². The Kier molecular flexibility index (Phi) is 7.10. The van der Waals surface area contributed by atoms with Crippen molar-refractivity contribution in [3.63, 3.8) is 0 Å². The Hall–Kier alpha value is -1.27. The molecule has 0 aromatic rings. The number of alkyl halides is 1. The second kappa shape index (κ2) is 8.21. The van der Waals surface area contributed by atoms with Crippen molar-refractivity contribution in [2.45, 2.75) is 51.7 Å². The number of amides is 1. The van der Waals surface area contributed by atoms with Gasteiger partial charge < -0.3 is 14.6 Å². The molecule has 1 unspecified atom stereocenters.